The maximum atomic E-state index is 11.9. The van der Waals surface area contributed by atoms with Gasteiger partial charge in [-0.1, -0.05) is 32.6 Å². The Bertz CT molecular complexity index is 258. The minimum absolute atomic E-state index is 0.154. The molecular weight excluding hydrogens is 216 g/mol. The predicted molar refractivity (Wildman–Crippen MR) is 68.5 cm³/mol. The number of rotatable bonds is 5. The van der Waals surface area contributed by atoms with Crippen molar-refractivity contribution < 1.29 is 9.90 Å². The molecule has 4 heteroatoms. The number of nitrogens with one attached hydrogen (secondary N) is 1. The van der Waals surface area contributed by atoms with E-state index in [0.717, 1.165) is 32.1 Å². The van der Waals surface area contributed by atoms with E-state index in [9.17, 15) is 9.90 Å². The van der Waals surface area contributed by atoms with Crippen molar-refractivity contribution in [3.63, 3.8) is 0 Å². The number of carbonyl (C=O) groups excluding carboxylic acids is 1. The van der Waals surface area contributed by atoms with Crippen LogP contribution in [0.2, 0.25) is 0 Å². The molecule has 0 spiro atoms. The molecule has 0 aromatic carbocycles. The lowest BCUT2D eigenvalue weighted by molar-refractivity contribution is -0.127. The Hall–Kier alpha value is -0.610. The summed E-state index contributed by atoms with van der Waals surface area (Å²) in [5, 5.41) is 13.1. The summed E-state index contributed by atoms with van der Waals surface area (Å²) in [5.41, 5.74) is 4.40. The molecule has 1 amide bonds. The van der Waals surface area contributed by atoms with E-state index >= 15 is 0 Å². The average Bonchev–Trinajstić information content (AvgIpc) is 2.27. The Labute approximate surface area is 104 Å². The second-order valence-corrected chi connectivity index (χ2v) is 5.64. The molecule has 0 aliphatic heterocycles. The highest BCUT2D eigenvalue weighted by atomic mass is 16.3. The smallest absolute Gasteiger partial charge is 0.239 e. The molecule has 17 heavy (non-hydrogen) atoms. The maximum Gasteiger partial charge on any atom is 0.239 e. The van der Waals surface area contributed by atoms with Gasteiger partial charge < -0.3 is 16.2 Å². The van der Waals surface area contributed by atoms with Gasteiger partial charge in [0, 0.05) is 6.54 Å². The monoisotopic (exact) mass is 242 g/mol. The lowest BCUT2D eigenvalue weighted by Crippen LogP contribution is -2.55. The molecule has 0 saturated heterocycles. The van der Waals surface area contributed by atoms with Crippen LogP contribution in [0.1, 0.15) is 58.8 Å². The van der Waals surface area contributed by atoms with Crippen LogP contribution in [0.25, 0.3) is 0 Å². The Morgan fingerprint density at radius 3 is 2.53 bits per heavy atom. The van der Waals surface area contributed by atoms with Gasteiger partial charge in [0.15, 0.2) is 0 Å². The highest BCUT2D eigenvalue weighted by molar-refractivity contribution is 5.85. The first-order chi connectivity index (χ1) is 7.90. The van der Waals surface area contributed by atoms with Crippen molar-refractivity contribution in [1.82, 2.24) is 5.32 Å². The summed E-state index contributed by atoms with van der Waals surface area (Å²) in [6.07, 6.45) is 6.37. The molecule has 0 aromatic heterocycles. The second kappa shape index (κ2) is 5.83. The topological polar surface area (TPSA) is 75.4 Å². The number of nitrogens with two attached hydrogens (primary N) is 1. The van der Waals surface area contributed by atoms with Crippen molar-refractivity contribution in [2.24, 2.45) is 5.73 Å². The SMILES string of the molecule is CCCC(C)(N)C(=O)NCC1(O)CCCCC1. The van der Waals surface area contributed by atoms with E-state index in [-0.39, 0.29) is 5.91 Å². The Balaban J connectivity index is 2.41. The molecular formula is C13H26N2O2. The molecule has 0 bridgehead atoms. The van der Waals surface area contributed by atoms with E-state index in [1.807, 2.05) is 6.92 Å². The van der Waals surface area contributed by atoms with Crippen LogP contribution in [0, 0.1) is 0 Å². The Kier molecular flexibility index (Phi) is 4.95. The van der Waals surface area contributed by atoms with Crippen molar-refractivity contribution in [2.75, 3.05) is 6.54 Å². The van der Waals surface area contributed by atoms with Crippen LogP contribution in [0.5, 0.6) is 0 Å². The van der Waals surface area contributed by atoms with Crippen molar-refractivity contribution in [3.8, 4) is 0 Å². The third-order valence-electron chi connectivity index (χ3n) is 3.65. The van der Waals surface area contributed by atoms with Crippen molar-refractivity contribution in [2.45, 2.75) is 69.9 Å². The molecule has 1 unspecified atom stereocenters. The molecule has 4 N–H and O–H groups in total. The first-order valence-corrected chi connectivity index (χ1v) is 6.69. The van der Waals surface area contributed by atoms with Crippen molar-refractivity contribution in [1.29, 1.82) is 0 Å². The normalized spacial score (nSPS) is 22.8. The minimum atomic E-state index is -0.820. The summed E-state index contributed by atoms with van der Waals surface area (Å²) in [6.45, 7) is 4.09. The molecule has 1 aliphatic rings. The molecule has 4 nitrogen and oxygen atoms in total. The largest absolute Gasteiger partial charge is 0.388 e. The number of hydrogen-bond donors (Lipinski definition) is 3. The van der Waals surface area contributed by atoms with Crippen LogP contribution in [-0.4, -0.2) is 28.7 Å². The van der Waals surface area contributed by atoms with Crippen LogP contribution < -0.4 is 11.1 Å². The summed E-state index contributed by atoms with van der Waals surface area (Å²) in [5.74, 6) is -0.154. The van der Waals surface area contributed by atoms with Crippen LogP contribution in [0.15, 0.2) is 0 Å². The standard InChI is InChI=1S/C13H26N2O2/c1-3-7-12(2,14)11(16)15-10-13(17)8-5-4-6-9-13/h17H,3-10,14H2,1-2H3,(H,15,16). The first kappa shape index (κ1) is 14.5. The fourth-order valence-electron chi connectivity index (χ4n) is 2.47. The highest BCUT2D eigenvalue weighted by Crippen LogP contribution is 2.27. The van der Waals surface area contributed by atoms with Gasteiger partial charge in [0.25, 0.3) is 0 Å². The van der Waals surface area contributed by atoms with Gasteiger partial charge in [0.05, 0.1) is 11.1 Å². The van der Waals surface area contributed by atoms with E-state index in [1.165, 1.54) is 6.42 Å². The fourth-order valence-corrected chi connectivity index (χ4v) is 2.47. The molecule has 1 aliphatic carbocycles. The van der Waals surface area contributed by atoms with Gasteiger partial charge in [-0.2, -0.15) is 0 Å². The summed E-state index contributed by atoms with van der Waals surface area (Å²) < 4.78 is 0. The molecule has 1 fully saturated rings. The van der Waals surface area contributed by atoms with Crippen molar-refractivity contribution in [3.05, 3.63) is 0 Å². The van der Waals surface area contributed by atoms with Crippen molar-refractivity contribution >= 4 is 5.91 Å². The zero-order chi connectivity index (χ0) is 12.9. The summed E-state index contributed by atoms with van der Waals surface area (Å²) >= 11 is 0. The minimum Gasteiger partial charge on any atom is -0.388 e. The molecule has 1 atom stereocenters. The van der Waals surface area contributed by atoms with E-state index in [1.54, 1.807) is 6.92 Å². The quantitative estimate of drug-likeness (QED) is 0.680. The first-order valence-electron chi connectivity index (χ1n) is 6.69. The lowest BCUT2D eigenvalue weighted by atomic mass is 9.84. The van der Waals surface area contributed by atoms with E-state index in [4.69, 9.17) is 5.73 Å². The van der Waals surface area contributed by atoms with Gasteiger partial charge in [-0.05, 0) is 26.2 Å². The third-order valence-corrected chi connectivity index (χ3v) is 3.65. The number of carbonyl (C=O) groups is 1. The van der Waals surface area contributed by atoms with Gasteiger partial charge in [-0.15, -0.1) is 0 Å². The molecule has 1 saturated carbocycles. The van der Waals surface area contributed by atoms with Gasteiger partial charge in [0.1, 0.15) is 0 Å². The molecule has 100 valence electrons. The van der Waals surface area contributed by atoms with E-state index < -0.39 is 11.1 Å². The van der Waals surface area contributed by atoms with Crippen LogP contribution >= 0.6 is 0 Å². The van der Waals surface area contributed by atoms with Gasteiger partial charge >= 0.3 is 0 Å². The van der Waals surface area contributed by atoms with Gasteiger partial charge in [-0.3, -0.25) is 4.79 Å². The maximum absolute atomic E-state index is 11.9. The molecule has 0 radical (unpaired) electrons. The third kappa shape index (κ3) is 4.28. The number of aliphatic hydroxyl groups is 1. The fraction of sp³-hybridized carbons (Fsp3) is 0.923. The van der Waals surface area contributed by atoms with Gasteiger partial charge in [-0.25, -0.2) is 0 Å². The zero-order valence-corrected chi connectivity index (χ0v) is 11.1. The summed E-state index contributed by atoms with van der Waals surface area (Å²) in [7, 11) is 0. The summed E-state index contributed by atoms with van der Waals surface area (Å²) in [4.78, 5) is 11.9. The van der Waals surface area contributed by atoms with E-state index in [0.29, 0.717) is 13.0 Å². The molecule has 0 heterocycles. The van der Waals surface area contributed by atoms with Crippen LogP contribution in [0.3, 0.4) is 0 Å². The van der Waals surface area contributed by atoms with Gasteiger partial charge in [0.2, 0.25) is 5.91 Å². The number of amides is 1. The van der Waals surface area contributed by atoms with Crippen LogP contribution in [0.4, 0.5) is 0 Å². The highest BCUT2D eigenvalue weighted by Gasteiger charge is 2.32. The lowest BCUT2D eigenvalue weighted by Gasteiger charge is -2.33. The average molecular weight is 242 g/mol. The van der Waals surface area contributed by atoms with E-state index in [2.05, 4.69) is 5.32 Å². The Morgan fingerprint density at radius 1 is 1.41 bits per heavy atom. The molecule has 0 aromatic rings. The Morgan fingerprint density at radius 2 is 2.00 bits per heavy atom. The number of hydrogen-bond acceptors (Lipinski definition) is 3. The zero-order valence-electron chi connectivity index (χ0n) is 11.1. The summed E-state index contributed by atoms with van der Waals surface area (Å²) in [6, 6.07) is 0. The van der Waals surface area contributed by atoms with Crippen LogP contribution in [-0.2, 0) is 4.79 Å². The molecule has 1 rings (SSSR count). The predicted octanol–water partition coefficient (Wildman–Crippen LogP) is 1.32. The second-order valence-electron chi connectivity index (χ2n) is 5.64.